The summed E-state index contributed by atoms with van der Waals surface area (Å²) in [5.74, 6) is -0.659. The lowest BCUT2D eigenvalue weighted by Gasteiger charge is -2.21. The zero-order chi connectivity index (χ0) is 20.9. The first-order chi connectivity index (χ1) is 13.9. The van der Waals surface area contributed by atoms with Crippen LogP contribution in [-0.2, 0) is 21.2 Å². The van der Waals surface area contributed by atoms with E-state index < -0.39 is 15.9 Å². The third-order valence-electron chi connectivity index (χ3n) is 4.35. The molecule has 1 amide bonds. The molecule has 0 spiro atoms. The summed E-state index contributed by atoms with van der Waals surface area (Å²) in [6.07, 6.45) is 3.63. The van der Waals surface area contributed by atoms with E-state index in [1.54, 1.807) is 60.7 Å². The number of sulfonamides is 1. The van der Waals surface area contributed by atoms with Gasteiger partial charge in [-0.3, -0.25) is 4.79 Å². The molecule has 0 bridgehead atoms. The van der Waals surface area contributed by atoms with Gasteiger partial charge in [-0.15, -0.1) is 0 Å². The average Bonchev–Trinajstić information content (AvgIpc) is 2.74. The lowest BCUT2D eigenvalue weighted by molar-refractivity contribution is -0.113. The third-order valence-corrected chi connectivity index (χ3v) is 6.34. The third kappa shape index (κ3) is 4.94. The maximum atomic E-state index is 13.2. The van der Waals surface area contributed by atoms with Crippen molar-refractivity contribution in [2.75, 3.05) is 4.31 Å². The van der Waals surface area contributed by atoms with Crippen LogP contribution in [0.4, 0.5) is 5.69 Å². The molecule has 4 nitrogen and oxygen atoms in total. The van der Waals surface area contributed by atoms with Gasteiger partial charge in [0.2, 0.25) is 0 Å². The Morgan fingerprint density at radius 2 is 1.55 bits per heavy atom. The second-order valence-corrected chi connectivity index (χ2v) is 8.55. The molecule has 0 aliphatic heterocycles. The van der Waals surface area contributed by atoms with Crippen LogP contribution in [0.3, 0.4) is 0 Å². The minimum Gasteiger partial charge on any atom is -0.268 e. The molecular weight excluding hydrogens is 406 g/mol. The Morgan fingerprint density at radius 1 is 0.931 bits per heavy atom. The summed E-state index contributed by atoms with van der Waals surface area (Å²) >= 11 is 5.88. The summed E-state index contributed by atoms with van der Waals surface area (Å²) in [5.41, 5.74) is 2.08. The van der Waals surface area contributed by atoms with Gasteiger partial charge in [-0.2, -0.15) is 4.31 Å². The van der Waals surface area contributed by atoms with Crippen LogP contribution in [0.15, 0.2) is 89.8 Å². The van der Waals surface area contributed by atoms with Crippen LogP contribution in [0.25, 0.3) is 6.08 Å². The zero-order valence-electron chi connectivity index (χ0n) is 15.8. The highest BCUT2D eigenvalue weighted by Gasteiger charge is 2.29. The van der Waals surface area contributed by atoms with Crippen molar-refractivity contribution >= 4 is 39.3 Å². The van der Waals surface area contributed by atoms with Gasteiger partial charge in [-0.05, 0) is 60.0 Å². The molecule has 0 aromatic heterocycles. The number of nitrogens with zero attached hydrogens (tertiary/aromatic N) is 1. The van der Waals surface area contributed by atoms with Crippen molar-refractivity contribution in [2.45, 2.75) is 18.2 Å². The molecule has 0 fully saturated rings. The molecule has 3 aromatic carbocycles. The van der Waals surface area contributed by atoms with Gasteiger partial charge in [0.05, 0.1) is 10.6 Å². The number of benzene rings is 3. The van der Waals surface area contributed by atoms with E-state index in [2.05, 4.69) is 0 Å². The van der Waals surface area contributed by atoms with E-state index in [1.165, 1.54) is 18.2 Å². The predicted octanol–water partition coefficient (Wildman–Crippen LogP) is 5.34. The lowest BCUT2D eigenvalue weighted by Crippen LogP contribution is -2.35. The van der Waals surface area contributed by atoms with Gasteiger partial charge in [0.1, 0.15) is 0 Å². The molecule has 6 heteroatoms. The molecule has 0 unspecified atom stereocenters. The van der Waals surface area contributed by atoms with Gasteiger partial charge >= 0.3 is 0 Å². The summed E-state index contributed by atoms with van der Waals surface area (Å²) in [4.78, 5) is 13.0. The van der Waals surface area contributed by atoms with Crippen LogP contribution >= 0.6 is 11.6 Å². The molecular formula is C23H20ClNO3S. The fourth-order valence-corrected chi connectivity index (χ4v) is 4.29. The number of hydrogen-bond donors (Lipinski definition) is 0. The van der Waals surface area contributed by atoms with Crippen LogP contribution in [0.2, 0.25) is 5.02 Å². The number of carbonyl (C=O) groups excluding carboxylic acids is 1. The highest BCUT2D eigenvalue weighted by Crippen LogP contribution is 2.25. The highest BCUT2D eigenvalue weighted by molar-refractivity contribution is 7.93. The van der Waals surface area contributed by atoms with Crippen molar-refractivity contribution in [3.8, 4) is 0 Å². The smallest absolute Gasteiger partial charge is 0.268 e. The number of amides is 1. The monoisotopic (exact) mass is 425 g/mol. The number of aryl methyl sites for hydroxylation is 1. The van der Waals surface area contributed by atoms with E-state index in [9.17, 15) is 13.2 Å². The summed E-state index contributed by atoms with van der Waals surface area (Å²) < 4.78 is 27.3. The fourth-order valence-electron chi connectivity index (χ4n) is 2.76. The average molecular weight is 426 g/mol. The highest BCUT2D eigenvalue weighted by atomic mass is 35.5. The molecule has 0 radical (unpaired) electrons. The standard InChI is InChI=1S/C23H20ClNO3S/c1-2-18-10-15-21(16-11-18)25(29(27,28)22-6-4-3-5-7-22)23(26)17-12-19-8-13-20(24)14-9-19/h3-17H,2H2,1H3/b17-12+. The molecule has 0 saturated carbocycles. The normalized spacial score (nSPS) is 11.5. The number of anilines is 1. The first-order valence-corrected chi connectivity index (χ1v) is 10.9. The summed E-state index contributed by atoms with van der Waals surface area (Å²) in [7, 11) is -4.07. The molecule has 29 heavy (non-hydrogen) atoms. The van der Waals surface area contributed by atoms with Crippen LogP contribution < -0.4 is 4.31 Å². The van der Waals surface area contributed by atoms with Crippen molar-refractivity contribution < 1.29 is 13.2 Å². The van der Waals surface area contributed by atoms with Crippen molar-refractivity contribution in [3.63, 3.8) is 0 Å². The van der Waals surface area contributed by atoms with Crippen molar-refractivity contribution in [2.24, 2.45) is 0 Å². The Kier molecular flexibility index (Phi) is 6.52. The van der Waals surface area contributed by atoms with Gasteiger partial charge in [0.25, 0.3) is 15.9 Å². The number of halogens is 1. The topological polar surface area (TPSA) is 54.5 Å². The van der Waals surface area contributed by atoms with Crippen molar-refractivity contribution in [1.82, 2.24) is 0 Å². The Hall–Kier alpha value is -2.89. The maximum Gasteiger partial charge on any atom is 0.271 e. The molecule has 3 rings (SSSR count). The maximum absolute atomic E-state index is 13.2. The number of hydrogen-bond acceptors (Lipinski definition) is 3. The van der Waals surface area contributed by atoms with Gasteiger partial charge in [-0.25, -0.2) is 8.42 Å². The number of rotatable bonds is 6. The molecule has 0 N–H and O–H groups in total. The minimum atomic E-state index is -4.07. The van der Waals surface area contributed by atoms with Crippen molar-refractivity contribution in [1.29, 1.82) is 0 Å². The quantitative estimate of drug-likeness (QED) is 0.501. The molecule has 0 heterocycles. The van der Waals surface area contributed by atoms with E-state index in [0.29, 0.717) is 5.02 Å². The van der Waals surface area contributed by atoms with E-state index in [-0.39, 0.29) is 10.6 Å². The van der Waals surface area contributed by atoms with Crippen LogP contribution in [0.5, 0.6) is 0 Å². The van der Waals surface area contributed by atoms with E-state index >= 15 is 0 Å². The van der Waals surface area contributed by atoms with E-state index in [0.717, 1.165) is 21.9 Å². The molecule has 0 aliphatic rings. The largest absolute Gasteiger partial charge is 0.271 e. The van der Waals surface area contributed by atoms with Gasteiger partial charge < -0.3 is 0 Å². The molecule has 3 aromatic rings. The van der Waals surface area contributed by atoms with Crippen LogP contribution in [0.1, 0.15) is 18.1 Å². The van der Waals surface area contributed by atoms with Crippen LogP contribution in [-0.4, -0.2) is 14.3 Å². The molecule has 0 aliphatic carbocycles. The number of carbonyl (C=O) groups is 1. The molecule has 0 atom stereocenters. The Labute approximate surface area is 176 Å². The summed E-state index contributed by atoms with van der Waals surface area (Å²) in [5, 5.41) is 0.581. The van der Waals surface area contributed by atoms with E-state index in [1.807, 2.05) is 19.1 Å². The Morgan fingerprint density at radius 3 is 2.14 bits per heavy atom. The van der Waals surface area contributed by atoms with E-state index in [4.69, 9.17) is 11.6 Å². The summed E-state index contributed by atoms with van der Waals surface area (Å²) in [6.45, 7) is 2.01. The second kappa shape index (κ2) is 9.07. The Bertz CT molecular complexity index is 1110. The fraction of sp³-hybridized carbons (Fsp3) is 0.0870. The predicted molar refractivity (Wildman–Crippen MR) is 117 cm³/mol. The first-order valence-electron chi connectivity index (χ1n) is 9.09. The first kappa shape index (κ1) is 20.8. The van der Waals surface area contributed by atoms with Gasteiger partial charge in [0.15, 0.2) is 0 Å². The molecule has 148 valence electrons. The molecule has 0 saturated heterocycles. The van der Waals surface area contributed by atoms with Gasteiger partial charge in [-0.1, -0.05) is 61.0 Å². The lowest BCUT2D eigenvalue weighted by atomic mass is 10.1. The minimum absolute atomic E-state index is 0.0489. The van der Waals surface area contributed by atoms with Crippen LogP contribution in [0, 0.1) is 0 Å². The van der Waals surface area contributed by atoms with Gasteiger partial charge in [0, 0.05) is 11.1 Å². The second-order valence-electron chi connectivity index (χ2n) is 6.33. The zero-order valence-corrected chi connectivity index (χ0v) is 17.4. The SMILES string of the molecule is CCc1ccc(N(C(=O)/C=C/c2ccc(Cl)cc2)S(=O)(=O)c2ccccc2)cc1. The summed E-state index contributed by atoms with van der Waals surface area (Å²) in [6, 6.07) is 21.7. The Balaban J connectivity index is 2.02. The van der Waals surface area contributed by atoms with Crippen molar-refractivity contribution in [3.05, 3.63) is 101 Å².